The van der Waals surface area contributed by atoms with Gasteiger partial charge in [-0.15, -0.1) is 0 Å². The van der Waals surface area contributed by atoms with Crippen LogP contribution in [0.25, 0.3) is 0 Å². The molecule has 1 saturated carbocycles. The van der Waals surface area contributed by atoms with Crippen molar-refractivity contribution in [1.82, 2.24) is 9.80 Å². The number of halogens is 2. The summed E-state index contributed by atoms with van der Waals surface area (Å²) in [5, 5.41) is 0.878. The molecule has 0 radical (unpaired) electrons. The minimum atomic E-state index is -0.0996. The first kappa shape index (κ1) is 15.6. The van der Waals surface area contributed by atoms with Crippen LogP contribution in [0.1, 0.15) is 29.6 Å². The van der Waals surface area contributed by atoms with Gasteiger partial charge in [0, 0.05) is 37.1 Å². The van der Waals surface area contributed by atoms with Gasteiger partial charge in [0.05, 0.1) is 10.6 Å². The molecule has 1 aromatic rings. The SMILES string of the molecule is O=C(c1ccc(Cl)cc1Cl)N1CCN(C(=O)C2CCC2)CC1. The number of piperazine rings is 1. The third-order valence-corrected chi connectivity index (χ3v) is 5.04. The van der Waals surface area contributed by atoms with Gasteiger partial charge in [0.1, 0.15) is 0 Å². The molecule has 1 aliphatic heterocycles. The number of carbonyl (C=O) groups is 2. The van der Waals surface area contributed by atoms with Crippen molar-refractivity contribution in [2.24, 2.45) is 5.92 Å². The highest BCUT2D eigenvalue weighted by Crippen LogP contribution is 2.29. The lowest BCUT2D eigenvalue weighted by molar-refractivity contribution is -0.139. The van der Waals surface area contributed by atoms with Gasteiger partial charge in [-0.05, 0) is 31.0 Å². The highest BCUT2D eigenvalue weighted by molar-refractivity contribution is 6.36. The summed E-state index contributed by atoms with van der Waals surface area (Å²) < 4.78 is 0. The molecule has 2 aliphatic rings. The Labute approximate surface area is 140 Å². The third kappa shape index (κ3) is 3.08. The first-order chi connectivity index (χ1) is 10.6. The van der Waals surface area contributed by atoms with Gasteiger partial charge in [-0.3, -0.25) is 9.59 Å². The van der Waals surface area contributed by atoms with Gasteiger partial charge in [0.2, 0.25) is 5.91 Å². The lowest BCUT2D eigenvalue weighted by atomic mass is 9.84. The quantitative estimate of drug-likeness (QED) is 0.829. The van der Waals surface area contributed by atoms with Gasteiger partial charge < -0.3 is 9.80 Å². The molecule has 0 aromatic heterocycles. The van der Waals surface area contributed by atoms with Gasteiger partial charge in [0.15, 0.2) is 0 Å². The number of nitrogens with zero attached hydrogens (tertiary/aromatic N) is 2. The maximum Gasteiger partial charge on any atom is 0.255 e. The van der Waals surface area contributed by atoms with E-state index in [1.165, 1.54) is 0 Å². The van der Waals surface area contributed by atoms with Gasteiger partial charge in [-0.2, -0.15) is 0 Å². The van der Waals surface area contributed by atoms with E-state index in [2.05, 4.69) is 0 Å². The summed E-state index contributed by atoms with van der Waals surface area (Å²) in [4.78, 5) is 28.3. The van der Waals surface area contributed by atoms with E-state index in [1.54, 1.807) is 23.1 Å². The fourth-order valence-electron chi connectivity index (χ4n) is 2.88. The van der Waals surface area contributed by atoms with Gasteiger partial charge in [-0.25, -0.2) is 0 Å². The zero-order valence-electron chi connectivity index (χ0n) is 12.2. The van der Waals surface area contributed by atoms with Crippen molar-refractivity contribution in [2.75, 3.05) is 26.2 Å². The van der Waals surface area contributed by atoms with Crippen LogP contribution in [0.2, 0.25) is 10.0 Å². The highest BCUT2D eigenvalue weighted by Gasteiger charge is 2.32. The van der Waals surface area contributed by atoms with Crippen LogP contribution in [-0.2, 0) is 4.79 Å². The molecule has 0 unspecified atom stereocenters. The molecule has 0 spiro atoms. The maximum absolute atomic E-state index is 12.5. The molecule has 1 saturated heterocycles. The average molecular weight is 341 g/mol. The Kier molecular flexibility index (Phi) is 4.59. The Morgan fingerprint density at radius 3 is 2.18 bits per heavy atom. The zero-order chi connectivity index (χ0) is 15.7. The largest absolute Gasteiger partial charge is 0.339 e. The highest BCUT2D eigenvalue weighted by atomic mass is 35.5. The van der Waals surface area contributed by atoms with Crippen LogP contribution in [0.15, 0.2) is 18.2 Å². The van der Waals surface area contributed by atoms with E-state index in [0.717, 1.165) is 19.3 Å². The fraction of sp³-hybridized carbons (Fsp3) is 0.500. The van der Waals surface area contributed by atoms with Crippen molar-refractivity contribution >= 4 is 35.0 Å². The Morgan fingerprint density at radius 2 is 1.64 bits per heavy atom. The summed E-state index contributed by atoms with van der Waals surface area (Å²) in [6.45, 7) is 2.31. The van der Waals surface area contributed by atoms with Crippen molar-refractivity contribution in [3.63, 3.8) is 0 Å². The van der Waals surface area contributed by atoms with Crippen LogP contribution in [-0.4, -0.2) is 47.8 Å². The van der Waals surface area contributed by atoms with Crippen molar-refractivity contribution < 1.29 is 9.59 Å². The molecule has 2 amide bonds. The second-order valence-electron chi connectivity index (χ2n) is 5.87. The van der Waals surface area contributed by atoms with Crippen LogP contribution in [0.5, 0.6) is 0 Å². The van der Waals surface area contributed by atoms with Gasteiger partial charge >= 0.3 is 0 Å². The molecule has 118 valence electrons. The Balaban J connectivity index is 1.60. The number of amides is 2. The molecule has 6 heteroatoms. The fourth-order valence-corrected chi connectivity index (χ4v) is 3.37. The zero-order valence-corrected chi connectivity index (χ0v) is 13.7. The monoisotopic (exact) mass is 340 g/mol. The molecule has 0 bridgehead atoms. The predicted octanol–water partition coefficient (Wildman–Crippen LogP) is 3.08. The molecule has 2 fully saturated rings. The van der Waals surface area contributed by atoms with Crippen LogP contribution < -0.4 is 0 Å². The summed E-state index contributed by atoms with van der Waals surface area (Å²) in [6.07, 6.45) is 3.18. The van der Waals surface area contributed by atoms with E-state index < -0.39 is 0 Å². The van der Waals surface area contributed by atoms with Crippen LogP contribution in [0, 0.1) is 5.92 Å². The van der Waals surface area contributed by atoms with E-state index in [1.807, 2.05) is 4.90 Å². The second kappa shape index (κ2) is 6.47. The minimum absolute atomic E-state index is 0.0996. The average Bonchev–Trinajstić information content (AvgIpc) is 2.45. The molecular formula is C16H18Cl2N2O2. The van der Waals surface area contributed by atoms with Crippen LogP contribution in [0.3, 0.4) is 0 Å². The molecule has 1 aliphatic carbocycles. The Morgan fingerprint density at radius 1 is 1.00 bits per heavy atom. The molecule has 1 aromatic carbocycles. The minimum Gasteiger partial charge on any atom is -0.339 e. The van der Waals surface area contributed by atoms with E-state index in [0.29, 0.717) is 41.8 Å². The molecule has 0 atom stereocenters. The number of rotatable bonds is 2. The standard InChI is InChI=1S/C16H18Cl2N2O2/c17-12-4-5-13(14(18)10-12)16(22)20-8-6-19(7-9-20)15(21)11-2-1-3-11/h4-5,10-11H,1-3,6-9H2. The molecule has 22 heavy (non-hydrogen) atoms. The van der Waals surface area contributed by atoms with E-state index >= 15 is 0 Å². The maximum atomic E-state index is 12.5. The van der Waals surface area contributed by atoms with Crippen molar-refractivity contribution in [1.29, 1.82) is 0 Å². The normalized spacial score (nSPS) is 19.0. The smallest absolute Gasteiger partial charge is 0.255 e. The number of hydrogen-bond acceptors (Lipinski definition) is 2. The number of hydrogen-bond donors (Lipinski definition) is 0. The first-order valence-corrected chi connectivity index (χ1v) is 8.35. The predicted molar refractivity (Wildman–Crippen MR) is 86.3 cm³/mol. The van der Waals surface area contributed by atoms with Crippen molar-refractivity contribution in [3.8, 4) is 0 Å². The molecule has 3 rings (SSSR count). The van der Waals surface area contributed by atoms with E-state index in [-0.39, 0.29) is 17.7 Å². The summed E-state index contributed by atoms with van der Waals surface area (Å²) in [6, 6.07) is 4.89. The topological polar surface area (TPSA) is 40.6 Å². The van der Waals surface area contributed by atoms with Crippen molar-refractivity contribution in [3.05, 3.63) is 33.8 Å². The third-order valence-electron chi connectivity index (χ3n) is 4.49. The van der Waals surface area contributed by atoms with Crippen LogP contribution in [0.4, 0.5) is 0 Å². The Hall–Kier alpha value is -1.26. The van der Waals surface area contributed by atoms with Gasteiger partial charge in [-0.1, -0.05) is 29.6 Å². The summed E-state index contributed by atoms with van der Waals surface area (Å²) in [5.74, 6) is 0.369. The molecule has 0 N–H and O–H groups in total. The van der Waals surface area contributed by atoms with Gasteiger partial charge in [0.25, 0.3) is 5.91 Å². The first-order valence-electron chi connectivity index (χ1n) is 7.59. The summed E-state index contributed by atoms with van der Waals surface area (Å²) in [7, 11) is 0. The van der Waals surface area contributed by atoms with E-state index in [4.69, 9.17) is 23.2 Å². The number of benzene rings is 1. The molecule has 4 nitrogen and oxygen atoms in total. The number of carbonyl (C=O) groups excluding carboxylic acids is 2. The summed E-state index contributed by atoms with van der Waals surface area (Å²) >= 11 is 12.0. The Bertz CT molecular complexity index is 594. The summed E-state index contributed by atoms with van der Waals surface area (Å²) in [5.41, 5.74) is 0.463. The second-order valence-corrected chi connectivity index (χ2v) is 6.71. The molecule has 1 heterocycles. The lowest BCUT2D eigenvalue weighted by Crippen LogP contribution is -2.52. The van der Waals surface area contributed by atoms with Crippen LogP contribution >= 0.6 is 23.2 Å². The molecular weight excluding hydrogens is 323 g/mol. The van der Waals surface area contributed by atoms with Crippen molar-refractivity contribution in [2.45, 2.75) is 19.3 Å². The lowest BCUT2D eigenvalue weighted by Gasteiger charge is -2.38. The van der Waals surface area contributed by atoms with E-state index in [9.17, 15) is 9.59 Å².